The lowest BCUT2D eigenvalue weighted by Gasteiger charge is -2.06. The zero-order valence-electron chi connectivity index (χ0n) is 9.70. The number of halogens is 2. The van der Waals surface area contributed by atoms with Crippen molar-refractivity contribution in [2.75, 3.05) is 0 Å². The predicted octanol–water partition coefficient (Wildman–Crippen LogP) is 4.10. The molecular formula is C14H13F2NS. The maximum atomic E-state index is 13.2. The van der Waals surface area contributed by atoms with E-state index < -0.39 is 11.6 Å². The summed E-state index contributed by atoms with van der Waals surface area (Å²) >= 11 is 1.56. The highest BCUT2D eigenvalue weighted by molar-refractivity contribution is 7.15. The molecule has 1 aromatic heterocycles. The Bertz CT molecular complexity index is 575. The first-order valence-corrected chi connectivity index (χ1v) is 6.77. The van der Waals surface area contributed by atoms with Gasteiger partial charge in [-0.15, -0.1) is 11.3 Å². The van der Waals surface area contributed by atoms with Crippen LogP contribution in [-0.2, 0) is 0 Å². The van der Waals surface area contributed by atoms with Gasteiger partial charge in [0.05, 0.1) is 0 Å². The van der Waals surface area contributed by atoms with Gasteiger partial charge in [-0.2, -0.15) is 0 Å². The summed E-state index contributed by atoms with van der Waals surface area (Å²) in [6.07, 6.45) is 2.39. The van der Waals surface area contributed by atoms with Crippen LogP contribution in [0.5, 0.6) is 0 Å². The molecule has 2 N–H and O–H groups in total. The number of hydrogen-bond donors (Lipinski definition) is 1. The molecule has 1 heterocycles. The van der Waals surface area contributed by atoms with Gasteiger partial charge in [0, 0.05) is 15.8 Å². The molecule has 0 radical (unpaired) electrons. The Morgan fingerprint density at radius 1 is 1.11 bits per heavy atom. The molecule has 18 heavy (non-hydrogen) atoms. The molecule has 4 heteroatoms. The SMILES string of the molecule is NC(c1ccc(-c2ccc(F)c(F)c2)s1)C1CC1. The highest BCUT2D eigenvalue weighted by atomic mass is 32.1. The molecule has 0 bridgehead atoms. The maximum Gasteiger partial charge on any atom is 0.159 e. The first-order chi connectivity index (χ1) is 8.65. The van der Waals surface area contributed by atoms with E-state index in [9.17, 15) is 8.78 Å². The minimum atomic E-state index is -0.815. The summed E-state index contributed by atoms with van der Waals surface area (Å²) in [7, 11) is 0. The molecule has 1 nitrogen and oxygen atoms in total. The Morgan fingerprint density at radius 2 is 1.89 bits per heavy atom. The lowest BCUT2D eigenvalue weighted by atomic mass is 10.1. The van der Waals surface area contributed by atoms with Crippen LogP contribution in [0.4, 0.5) is 8.78 Å². The van der Waals surface area contributed by atoms with E-state index in [0.29, 0.717) is 11.5 Å². The quantitative estimate of drug-likeness (QED) is 0.888. The van der Waals surface area contributed by atoms with E-state index in [1.807, 2.05) is 12.1 Å². The van der Waals surface area contributed by atoms with Crippen molar-refractivity contribution in [3.63, 3.8) is 0 Å². The van der Waals surface area contributed by atoms with Crippen molar-refractivity contribution >= 4 is 11.3 Å². The van der Waals surface area contributed by atoms with Gasteiger partial charge in [-0.1, -0.05) is 6.07 Å². The lowest BCUT2D eigenvalue weighted by Crippen LogP contribution is -2.10. The maximum absolute atomic E-state index is 13.2. The molecule has 1 atom stereocenters. The lowest BCUT2D eigenvalue weighted by molar-refractivity contribution is 0.509. The number of thiophene rings is 1. The Labute approximate surface area is 108 Å². The van der Waals surface area contributed by atoms with Crippen molar-refractivity contribution in [1.82, 2.24) is 0 Å². The van der Waals surface area contributed by atoms with Crippen LogP contribution in [0.15, 0.2) is 30.3 Å². The van der Waals surface area contributed by atoms with Crippen LogP contribution in [0.25, 0.3) is 10.4 Å². The third-order valence-electron chi connectivity index (χ3n) is 3.29. The van der Waals surface area contributed by atoms with Crippen LogP contribution in [0.3, 0.4) is 0 Å². The molecule has 1 aliphatic rings. The van der Waals surface area contributed by atoms with E-state index in [4.69, 9.17) is 5.73 Å². The summed E-state index contributed by atoms with van der Waals surface area (Å²) in [6, 6.07) is 7.99. The van der Waals surface area contributed by atoms with Crippen molar-refractivity contribution in [3.8, 4) is 10.4 Å². The van der Waals surface area contributed by atoms with E-state index in [-0.39, 0.29) is 6.04 Å². The van der Waals surface area contributed by atoms with Crippen LogP contribution < -0.4 is 5.73 Å². The standard InChI is InChI=1S/C14H13F2NS/c15-10-4-3-9(7-11(10)16)12-5-6-13(18-12)14(17)8-1-2-8/h3-8,14H,1-2,17H2. The van der Waals surface area contributed by atoms with Crippen molar-refractivity contribution in [2.24, 2.45) is 11.7 Å². The zero-order valence-corrected chi connectivity index (χ0v) is 10.5. The number of benzene rings is 1. The van der Waals surface area contributed by atoms with Crippen LogP contribution in [0.2, 0.25) is 0 Å². The molecular weight excluding hydrogens is 252 g/mol. The van der Waals surface area contributed by atoms with Gasteiger partial charge < -0.3 is 5.73 Å². The third kappa shape index (κ3) is 2.18. The molecule has 2 aromatic rings. The van der Waals surface area contributed by atoms with Crippen molar-refractivity contribution in [2.45, 2.75) is 18.9 Å². The minimum absolute atomic E-state index is 0.0917. The van der Waals surface area contributed by atoms with Crippen LogP contribution in [0, 0.1) is 17.6 Å². The molecule has 0 saturated heterocycles. The summed E-state index contributed by atoms with van der Waals surface area (Å²) in [6.45, 7) is 0. The number of hydrogen-bond acceptors (Lipinski definition) is 2. The largest absolute Gasteiger partial charge is 0.323 e. The van der Waals surface area contributed by atoms with Gasteiger partial charge in [-0.05, 0) is 48.6 Å². The van der Waals surface area contributed by atoms with Gasteiger partial charge in [0.15, 0.2) is 11.6 Å². The van der Waals surface area contributed by atoms with Gasteiger partial charge in [-0.25, -0.2) is 8.78 Å². The summed E-state index contributed by atoms with van der Waals surface area (Å²) < 4.78 is 26.0. The molecule has 3 rings (SSSR count). The fraction of sp³-hybridized carbons (Fsp3) is 0.286. The van der Waals surface area contributed by atoms with Crippen molar-refractivity contribution in [1.29, 1.82) is 0 Å². The van der Waals surface area contributed by atoms with Gasteiger partial charge in [0.25, 0.3) is 0 Å². The Kier molecular flexibility index (Phi) is 2.92. The molecule has 1 aliphatic carbocycles. The first-order valence-electron chi connectivity index (χ1n) is 5.96. The molecule has 1 fully saturated rings. The molecule has 94 valence electrons. The molecule has 0 amide bonds. The molecule has 0 aliphatic heterocycles. The molecule has 1 saturated carbocycles. The fourth-order valence-corrected chi connectivity index (χ4v) is 3.12. The summed E-state index contributed by atoms with van der Waals surface area (Å²) in [5, 5.41) is 0. The van der Waals surface area contributed by atoms with Crippen LogP contribution in [0.1, 0.15) is 23.8 Å². The van der Waals surface area contributed by atoms with E-state index in [1.54, 1.807) is 17.4 Å². The second-order valence-corrected chi connectivity index (χ2v) is 5.81. The van der Waals surface area contributed by atoms with Gasteiger partial charge in [0.1, 0.15) is 0 Å². The fourth-order valence-electron chi connectivity index (χ4n) is 2.02. The Balaban J connectivity index is 1.89. The number of rotatable bonds is 3. The van der Waals surface area contributed by atoms with Gasteiger partial charge in [-0.3, -0.25) is 0 Å². The van der Waals surface area contributed by atoms with Crippen molar-refractivity contribution in [3.05, 3.63) is 46.8 Å². The second kappa shape index (κ2) is 4.44. The minimum Gasteiger partial charge on any atom is -0.323 e. The average molecular weight is 265 g/mol. The summed E-state index contributed by atoms with van der Waals surface area (Å²) in [5.74, 6) is -1.03. The number of nitrogens with two attached hydrogens (primary N) is 1. The smallest absolute Gasteiger partial charge is 0.159 e. The summed E-state index contributed by atoms with van der Waals surface area (Å²) in [4.78, 5) is 2.05. The topological polar surface area (TPSA) is 26.0 Å². The van der Waals surface area contributed by atoms with Crippen LogP contribution in [-0.4, -0.2) is 0 Å². The van der Waals surface area contributed by atoms with E-state index in [2.05, 4.69) is 0 Å². The van der Waals surface area contributed by atoms with E-state index in [0.717, 1.165) is 15.8 Å². The average Bonchev–Trinajstić information content (AvgIpc) is 3.09. The highest BCUT2D eigenvalue weighted by Gasteiger charge is 2.30. The van der Waals surface area contributed by atoms with E-state index >= 15 is 0 Å². The van der Waals surface area contributed by atoms with E-state index in [1.165, 1.54) is 18.9 Å². The molecule has 1 unspecified atom stereocenters. The molecule has 1 aromatic carbocycles. The van der Waals surface area contributed by atoms with Gasteiger partial charge in [0.2, 0.25) is 0 Å². The Hall–Kier alpha value is -1.26. The van der Waals surface area contributed by atoms with Gasteiger partial charge >= 0.3 is 0 Å². The van der Waals surface area contributed by atoms with Crippen LogP contribution >= 0.6 is 11.3 Å². The predicted molar refractivity (Wildman–Crippen MR) is 69.3 cm³/mol. The third-order valence-corrected chi connectivity index (χ3v) is 4.52. The monoisotopic (exact) mass is 265 g/mol. The Morgan fingerprint density at radius 3 is 2.56 bits per heavy atom. The van der Waals surface area contributed by atoms with Crippen molar-refractivity contribution < 1.29 is 8.78 Å². The normalized spacial score (nSPS) is 16.8. The first kappa shape index (κ1) is 11.8. The second-order valence-electron chi connectivity index (χ2n) is 4.69. The summed E-state index contributed by atoms with van der Waals surface area (Å²) in [5.41, 5.74) is 6.82. The molecule has 0 spiro atoms. The highest BCUT2D eigenvalue weighted by Crippen LogP contribution is 2.42. The zero-order chi connectivity index (χ0) is 12.7.